The van der Waals surface area contributed by atoms with Crippen LogP contribution >= 0.6 is 23.2 Å². The van der Waals surface area contributed by atoms with Crippen molar-refractivity contribution >= 4 is 29.0 Å². The molecule has 0 aliphatic rings. The van der Waals surface area contributed by atoms with E-state index in [-0.39, 0.29) is 0 Å². The number of hydrogen-bond acceptors (Lipinski definition) is 3. The summed E-state index contributed by atoms with van der Waals surface area (Å²) in [5.74, 6) is 0.304. The summed E-state index contributed by atoms with van der Waals surface area (Å²) in [7, 11) is 0. The van der Waals surface area contributed by atoms with Gasteiger partial charge in [-0.2, -0.15) is 0 Å². The van der Waals surface area contributed by atoms with Crippen molar-refractivity contribution in [1.29, 1.82) is 0 Å². The lowest BCUT2D eigenvalue weighted by molar-refractivity contribution is 0.220. The molecule has 18 heavy (non-hydrogen) atoms. The van der Waals surface area contributed by atoms with Gasteiger partial charge in [-0.1, -0.05) is 23.2 Å². The summed E-state index contributed by atoms with van der Waals surface area (Å²) in [5.41, 5.74) is 7.84. The number of anilines is 1. The van der Waals surface area contributed by atoms with E-state index in [4.69, 9.17) is 28.9 Å². The lowest BCUT2D eigenvalue weighted by Gasteiger charge is -2.16. The van der Waals surface area contributed by atoms with Crippen molar-refractivity contribution in [2.45, 2.75) is 13.0 Å². The molecule has 5 heteroatoms. The first-order valence-electron chi connectivity index (χ1n) is 5.34. The Morgan fingerprint density at radius 1 is 1.22 bits per heavy atom. The van der Waals surface area contributed by atoms with Gasteiger partial charge in [-0.3, -0.25) is 0 Å². The smallest absolute Gasteiger partial charge is 0.129 e. The molecule has 1 heterocycles. The number of aliphatic hydroxyl groups is 1. The van der Waals surface area contributed by atoms with Crippen LogP contribution in [0.5, 0.6) is 0 Å². The molecule has 2 aromatic rings. The Balaban J connectivity index is 2.51. The van der Waals surface area contributed by atoms with E-state index in [0.29, 0.717) is 27.0 Å². The van der Waals surface area contributed by atoms with Crippen LogP contribution in [0.3, 0.4) is 0 Å². The first-order valence-corrected chi connectivity index (χ1v) is 6.09. The fraction of sp³-hybridized carbons (Fsp3) is 0.154. The van der Waals surface area contributed by atoms with Gasteiger partial charge in [-0.25, -0.2) is 4.98 Å². The average molecular weight is 283 g/mol. The zero-order valence-electron chi connectivity index (χ0n) is 9.69. The first kappa shape index (κ1) is 13.1. The van der Waals surface area contributed by atoms with Crippen molar-refractivity contribution in [3.8, 4) is 0 Å². The fourth-order valence-electron chi connectivity index (χ4n) is 1.85. The minimum Gasteiger partial charge on any atom is -0.384 e. The summed E-state index contributed by atoms with van der Waals surface area (Å²) in [5, 5.41) is 11.3. The molecular formula is C13H12Cl2N2O. The standard InChI is InChI=1S/C13H12Cl2N2O/c1-7-2-3-17-13(16)11(7)12(18)8-4-9(14)6-10(15)5-8/h2-6,12,18H,1H3,(H2,16,17). The van der Waals surface area contributed by atoms with Crippen LogP contribution in [0.4, 0.5) is 5.82 Å². The van der Waals surface area contributed by atoms with Gasteiger partial charge in [-0.15, -0.1) is 0 Å². The van der Waals surface area contributed by atoms with Crippen molar-refractivity contribution in [2.75, 3.05) is 5.73 Å². The Morgan fingerprint density at radius 3 is 2.39 bits per heavy atom. The quantitative estimate of drug-likeness (QED) is 0.888. The van der Waals surface area contributed by atoms with E-state index in [1.165, 1.54) is 0 Å². The van der Waals surface area contributed by atoms with Crippen LogP contribution < -0.4 is 5.73 Å². The lowest BCUT2D eigenvalue weighted by atomic mass is 9.98. The Kier molecular flexibility index (Phi) is 3.76. The monoisotopic (exact) mass is 282 g/mol. The Bertz CT molecular complexity index is 547. The number of nitrogen functional groups attached to an aromatic ring is 1. The predicted octanol–water partition coefficient (Wildman–Crippen LogP) is 3.36. The third-order valence-corrected chi connectivity index (χ3v) is 3.15. The SMILES string of the molecule is Cc1ccnc(N)c1C(O)c1cc(Cl)cc(Cl)c1. The van der Waals surface area contributed by atoms with E-state index < -0.39 is 6.10 Å². The normalized spacial score (nSPS) is 12.4. The summed E-state index contributed by atoms with van der Waals surface area (Å²) < 4.78 is 0. The highest BCUT2D eigenvalue weighted by Crippen LogP contribution is 2.31. The highest BCUT2D eigenvalue weighted by atomic mass is 35.5. The molecule has 0 saturated carbocycles. The molecule has 0 amide bonds. The number of aromatic nitrogens is 1. The molecule has 0 saturated heterocycles. The number of aryl methyl sites for hydroxylation is 1. The van der Waals surface area contributed by atoms with Crippen LogP contribution in [0.2, 0.25) is 10.0 Å². The number of rotatable bonds is 2. The van der Waals surface area contributed by atoms with Gasteiger partial charge in [-0.05, 0) is 42.3 Å². The van der Waals surface area contributed by atoms with Gasteiger partial charge in [0.1, 0.15) is 11.9 Å². The largest absolute Gasteiger partial charge is 0.384 e. The molecule has 1 aromatic heterocycles. The van der Waals surface area contributed by atoms with E-state index in [1.54, 1.807) is 30.5 Å². The number of pyridine rings is 1. The van der Waals surface area contributed by atoms with E-state index in [1.807, 2.05) is 6.92 Å². The molecule has 1 aromatic carbocycles. The summed E-state index contributed by atoms with van der Waals surface area (Å²) >= 11 is 11.8. The van der Waals surface area contributed by atoms with Crippen LogP contribution in [-0.4, -0.2) is 10.1 Å². The second-order valence-electron chi connectivity index (χ2n) is 4.03. The topological polar surface area (TPSA) is 59.1 Å². The molecule has 3 N–H and O–H groups in total. The number of nitrogens with zero attached hydrogens (tertiary/aromatic N) is 1. The first-order chi connectivity index (χ1) is 8.49. The highest BCUT2D eigenvalue weighted by molar-refractivity contribution is 6.34. The van der Waals surface area contributed by atoms with Gasteiger partial charge in [0.15, 0.2) is 0 Å². The van der Waals surface area contributed by atoms with Gasteiger partial charge in [0.25, 0.3) is 0 Å². The zero-order valence-corrected chi connectivity index (χ0v) is 11.2. The van der Waals surface area contributed by atoms with Crippen molar-refractivity contribution in [3.05, 3.63) is 57.2 Å². The molecular weight excluding hydrogens is 271 g/mol. The number of nitrogens with two attached hydrogens (primary N) is 1. The Hall–Kier alpha value is -1.29. The van der Waals surface area contributed by atoms with Gasteiger partial charge in [0.2, 0.25) is 0 Å². The Morgan fingerprint density at radius 2 is 1.83 bits per heavy atom. The van der Waals surface area contributed by atoms with E-state index in [9.17, 15) is 5.11 Å². The highest BCUT2D eigenvalue weighted by Gasteiger charge is 2.17. The van der Waals surface area contributed by atoms with E-state index >= 15 is 0 Å². The summed E-state index contributed by atoms with van der Waals surface area (Å²) in [6.45, 7) is 1.86. The number of halogens is 2. The number of benzene rings is 1. The molecule has 0 bridgehead atoms. The summed E-state index contributed by atoms with van der Waals surface area (Å²) in [4.78, 5) is 3.98. The zero-order chi connectivity index (χ0) is 13.3. The van der Waals surface area contributed by atoms with Gasteiger partial charge >= 0.3 is 0 Å². The van der Waals surface area contributed by atoms with Gasteiger partial charge in [0, 0.05) is 21.8 Å². The lowest BCUT2D eigenvalue weighted by Crippen LogP contribution is -2.07. The minimum absolute atomic E-state index is 0.304. The van der Waals surface area contributed by atoms with Crippen molar-refractivity contribution in [3.63, 3.8) is 0 Å². The Labute approximate surface area is 115 Å². The molecule has 0 aliphatic heterocycles. The summed E-state index contributed by atoms with van der Waals surface area (Å²) in [6.07, 6.45) is 0.709. The van der Waals surface area contributed by atoms with Crippen molar-refractivity contribution in [1.82, 2.24) is 4.98 Å². The molecule has 0 fully saturated rings. The third-order valence-electron chi connectivity index (χ3n) is 2.71. The van der Waals surface area contributed by atoms with Crippen LogP contribution in [0.1, 0.15) is 22.8 Å². The van der Waals surface area contributed by atoms with Crippen molar-refractivity contribution < 1.29 is 5.11 Å². The molecule has 94 valence electrons. The molecule has 0 spiro atoms. The maximum atomic E-state index is 10.4. The van der Waals surface area contributed by atoms with Crippen molar-refractivity contribution in [2.24, 2.45) is 0 Å². The molecule has 0 radical (unpaired) electrons. The van der Waals surface area contributed by atoms with E-state index in [2.05, 4.69) is 4.98 Å². The third kappa shape index (κ3) is 2.58. The molecule has 1 unspecified atom stereocenters. The fourth-order valence-corrected chi connectivity index (χ4v) is 2.39. The van der Waals surface area contributed by atoms with Gasteiger partial charge < -0.3 is 10.8 Å². The molecule has 0 aliphatic carbocycles. The van der Waals surface area contributed by atoms with Crippen LogP contribution in [0.15, 0.2) is 30.5 Å². The summed E-state index contributed by atoms with van der Waals surface area (Å²) in [6, 6.07) is 6.72. The average Bonchev–Trinajstić information content (AvgIpc) is 2.27. The molecule has 2 rings (SSSR count). The van der Waals surface area contributed by atoms with Crippen LogP contribution in [0.25, 0.3) is 0 Å². The maximum Gasteiger partial charge on any atom is 0.129 e. The number of aliphatic hydroxyl groups excluding tert-OH is 1. The maximum absolute atomic E-state index is 10.4. The van der Waals surface area contributed by atoms with E-state index in [0.717, 1.165) is 5.56 Å². The second kappa shape index (κ2) is 5.14. The molecule has 1 atom stereocenters. The van der Waals surface area contributed by atoms with Crippen LogP contribution in [-0.2, 0) is 0 Å². The second-order valence-corrected chi connectivity index (χ2v) is 4.90. The number of hydrogen-bond donors (Lipinski definition) is 2. The van der Waals surface area contributed by atoms with Gasteiger partial charge in [0.05, 0.1) is 0 Å². The van der Waals surface area contributed by atoms with Crippen LogP contribution in [0, 0.1) is 6.92 Å². The molecule has 3 nitrogen and oxygen atoms in total. The minimum atomic E-state index is -0.894. The predicted molar refractivity (Wildman–Crippen MR) is 73.9 cm³/mol.